The summed E-state index contributed by atoms with van der Waals surface area (Å²) in [6.45, 7) is 8.30. The molecule has 3 nitrogen and oxygen atoms in total. The summed E-state index contributed by atoms with van der Waals surface area (Å²) >= 11 is 0. The minimum absolute atomic E-state index is 0.271. The smallest absolute Gasteiger partial charge is 0.233 e. The second-order valence-corrected chi connectivity index (χ2v) is 6.77. The average Bonchev–Trinajstić information content (AvgIpc) is 2.98. The van der Waals surface area contributed by atoms with Gasteiger partial charge in [-0.1, -0.05) is 30.3 Å². The van der Waals surface area contributed by atoms with Gasteiger partial charge in [-0.05, 0) is 38.7 Å². The minimum atomic E-state index is -0.451. The lowest BCUT2D eigenvalue weighted by Gasteiger charge is -2.35. The van der Waals surface area contributed by atoms with E-state index in [2.05, 4.69) is 29.3 Å². The van der Waals surface area contributed by atoms with Crippen molar-refractivity contribution in [1.29, 1.82) is 0 Å². The third-order valence-electron chi connectivity index (χ3n) is 5.04. The van der Waals surface area contributed by atoms with Gasteiger partial charge < -0.3 is 10.2 Å². The number of likely N-dealkylation sites (tertiary alicyclic amines) is 1. The Morgan fingerprint density at radius 1 is 1.25 bits per heavy atom. The van der Waals surface area contributed by atoms with Gasteiger partial charge in [-0.2, -0.15) is 0 Å². The second-order valence-electron chi connectivity index (χ2n) is 6.77. The van der Waals surface area contributed by atoms with Crippen molar-refractivity contribution in [2.45, 2.75) is 44.7 Å². The van der Waals surface area contributed by atoms with Gasteiger partial charge in [0.1, 0.15) is 0 Å². The molecular weight excluding hydrogens is 248 g/mol. The van der Waals surface area contributed by atoms with E-state index in [1.165, 1.54) is 0 Å². The molecule has 2 aliphatic rings. The van der Waals surface area contributed by atoms with E-state index in [0.717, 1.165) is 25.1 Å². The number of rotatable bonds is 2. The summed E-state index contributed by atoms with van der Waals surface area (Å²) in [6.07, 6.45) is 1.13. The molecule has 3 rings (SSSR count). The summed E-state index contributed by atoms with van der Waals surface area (Å²) in [5.41, 5.74) is 0.652. The normalized spacial score (nSPS) is 29.6. The summed E-state index contributed by atoms with van der Waals surface area (Å²) in [5, 5.41) is 3.43. The molecule has 0 saturated carbocycles. The largest absolute Gasteiger partial charge is 0.335 e. The van der Waals surface area contributed by atoms with E-state index in [0.29, 0.717) is 18.0 Å². The predicted molar refractivity (Wildman–Crippen MR) is 80.5 cm³/mol. The van der Waals surface area contributed by atoms with E-state index in [-0.39, 0.29) is 5.91 Å². The van der Waals surface area contributed by atoms with Crippen molar-refractivity contribution in [2.75, 3.05) is 13.1 Å². The van der Waals surface area contributed by atoms with Gasteiger partial charge in [0.05, 0.1) is 5.41 Å². The molecule has 0 radical (unpaired) electrons. The van der Waals surface area contributed by atoms with Crippen LogP contribution in [0.1, 0.15) is 32.8 Å². The van der Waals surface area contributed by atoms with Crippen molar-refractivity contribution >= 4 is 5.91 Å². The molecule has 20 heavy (non-hydrogen) atoms. The van der Waals surface area contributed by atoms with Crippen molar-refractivity contribution in [1.82, 2.24) is 10.2 Å². The molecule has 1 aromatic rings. The lowest BCUT2D eigenvalue weighted by Crippen LogP contribution is -2.50. The lowest BCUT2D eigenvalue weighted by atomic mass is 9.82. The molecule has 1 N–H and O–H groups in total. The van der Waals surface area contributed by atoms with Crippen molar-refractivity contribution in [2.24, 2.45) is 5.92 Å². The Bertz CT molecular complexity index is 497. The molecule has 0 aliphatic carbocycles. The van der Waals surface area contributed by atoms with Crippen molar-refractivity contribution < 1.29 is 4.79 Å². The molecule has 108 valence electrons. The molecule has 2 aliphatic heterocycles. The number of hydrogen-bond donors (Lipinski definition) is 1. The predicted octanol–water partition coefficient (Wildman–Crippen LogP) is 2.17. The Hall–Kier alpha value is -1.35. The number of hydrogen-bond acceptors (Lipinski definition) is 2. The highest BCUT2D eigenvalue weighted by Gasteiger charge is 2.47. The van der Waals surface area contributed by atoms with Crippen molar-refractivity contribution in [3.63, 3.8) is 0 Å². The summed E-state index contributed by atoms with van der Waals surface area (Å²) < 4.78 is 0. The standard InChI is InChI=1S/C17H24N2O/c1-12-9-13-10-18-11-15(13)19(12)16(20)17(2,3)14-7-5-4-6-8-14/h4-8,12-13,15,18H,9-11H2,1-3H3. The van der Waals surface area contributed by atoms with Gasteiger partial charge in [0, 0.05) is 25.2 Å². The molecule has 0 bridgehead atoms. The lowest BCUT2D eigenvalue weighted by molar-refractivity contribution is -0.138. The Morgan fingerprint density at radius 2 is 1.95 bits per heavy atom. The first-order valence-electron chi connectivity index (χ1n) is 7.61. The van der Waals surface area contributed by atoms with Crippen LogP contribution >= 0.6 is 0 Å². The molecule has 2 heterocycles. The Balaban J connectivity index is 1.88. The number of nitrogens with one attached hydrogen (secondary N) is 1. The fourth-order valence-electron chi connectivity index (χ4n) is 3.82. The number of nitrogens with zero attached hydrogens (tertiary/aromatic N) is 1. The van der Waals surface area contributed by atoms with Crippen LogP contribution < -0.4 is 5.32 Å². The number of fused-ring (bicyclic) bond motifs is 1. The first-order chi connectivity index (χ1) is 9.51. The molecular formula is C17H24N2O. The first-order valence-corrected chi connectivity index (χ1v) is 7.61. The summed E-state index contributed by atoms with van der Waals surface area (Å²) in [5.74, 6) is 0.910. The highest BCUT2D eigenvalue weighted by Crippen LogP contribution is 2.36. The van der Waals surface area contributed by atoms with Gasteiger partial charge in [-0.15, -0.1) is 0 Å². The van der Waals surface area contributed by atoms with Crippen LogP contribution in [0, 0.1) is 5.92 Å². The molecule has 0 spiro atoms. The number of benzene rings is 1. The topological polar surface area (TPSA) is 32.3 Å². The van der Waals surface area contributed by atoms with Gasteiger partial charge in [0.25, 0.3) is 0 Å². The van der Waals surface area contributed by atoms with Crippen LogP contribution in [-0.4, -0.2) is 36.0 Å². The van der Waals surface area contributed by atoms with E-state index >= 15 is 0 Å². The van der Waals surface area contributed by atoms with E-state index in [1.54, 1.807) is 0 Å². The zero-order valence-electron chi connectivity index (χ0n) is 12.6. The minimum Gasteiger partial charge on any atom is -0.335 e. The van der Waals surface area contributed by atoms with Crippen LogP contribution in [0.15, 0.2) is 30.3 Å². The molecule has 1 aromatic carbocycles. The Labute approximate surface area is 121 Å². The quantitative estimate of drug-likeness (QED) is 0.895. The fourth-order valence-corrected chi connectivity index (χ4v) is 3.82. The molecule has 3 atom stereocenters. The molecule has 2 fully saturated rings. The van der Waals surface area contributed by atoms with Crippen LogP contribution in [0.4, 0.5) is 0 Å². The summed E-state index contributed by atoms with van der Waals surface area (Å²) in [4.78, 5) is 15.3. The zero-order valence-corrected chi connectivity index (χ0v) is 12.6. The van der Waals surface area contributed by atoms with Gasteiger partial charge >= 0.3 is 0 Å². The second kappa shape index (κ2) is 4.88. The van der Waals surface area contributed by atoms with Crippen molar-refractivity contribution in [3.8, 4) is 0 Å². The van der Waals surface area contributed by atoms with E-state index in [9.17, 15) is 4.79 Å². The van der Waals surface area contributed by atoms with Crippen LogP contribution in [0.25, 0.3) is 0 Å². The number of carbonyl (C=O) groups is 1. The van der Waals surface area contributed by atoms with Crippen LogP contribution in [0.2, 0.25) is 0 Å². The van der Waals surface area contributed by atoms with Crippen LogP contribution in [0.5, 0.6) is 0 Å². The van der Waals surface area contributed by atoms with Crippen LogP contribution in [-0.2, 0) is 10.2 Å². The zero-order chi connectivity index (χ0) is 14.3. The monoisotopic (exact) mass is 272 g/mol. The molecule has 0 aromatic heterocycles. The Kier molecular flexibility index (Phi) is 3.33. The summed E-state index contributed by atoms with van der Waals surface area (Å²) in [6, 6.07) is 10.9. The molecule has 3 heteroatoms. The maximum absolute atomic E-state index is 13.1. The van der Waals surface area contributed by atoms with Gasteiger partial charge in [-0.3, -0.25) is 4.79 Å². The summed E-state index contributed by atoms with van der Waals surface area (Å²) in [7, 11) is 0. The highest BCUT2D eigenvalue weighted by molar-refractivity contribution is 5.88. The SMILES string of the molecule is CC1CC2CNCC2N1C(=O)C(C)(C)c1ccccc1. The molecule has 3 unspecified atom stereocenters. The third-order valence-corrected chi connectivity index (χ3v) is 5.04. The van der Waals surface area contributed by atoms with E-state index < -0.39 is 5.41 Å². The molecule has 2 saturated heterocycles. The fraction of sp³-hybridized carbons (Fsp3) is 0.588. The van der Waals surface area contributed by atoms with E-state index in [4.69, 9.17) is 0 Å². The average molecular weight is 272 g/mol. The van der Waals surface area contributed by atoms with E-state index in [1.807, 2.05) is 32.0 Å². The van der Waals surface area contributed by atoms with Gasteiger partial charge in [0.15, 0.2) is 0 Å². The van der Waals surface area contributed by atoms with Gasteiger partial charge in [-0.25, -0.2) is 0 Å². The maximum Gasteiger partial charge on any atom is 0.233 e. The Morgan fingerprint density at radius 3 is 2.65 bits per heavy atom. The molecule has 1 amide bonds. The van der Waals surface area contributed by atoms with Crippen LogP contribution in [0.3, 0.4) is 0 Å². The van der Waals surface area contributed by atoms with Crippen molar-refractivity contribution in [3.05, 3.63) is 35.9 Å². The number of carbonyl (C=O) groups excluding carboxylic acids is 1. The van der Waals surface area contributed by atoms with Gasteiger partial charge in [0.2, 0.25) is 5.91 Å². The third kappa shape index (κ3) is 2.05. The maximum atomic E-state index is 13.1. The first kappa shape index (κ1) is 13.6. The number of amides is 1. The highest BCUT2D eigenvalue weighted by atomic mass is 16.2.